The Bertz CT molecular complexity index is 1210. The first kappa shape index (κ1) is 23.4. The van der Waals surface area contributed by atoms with Gasteiger partial charge in [0.05, 0.1) is 29.6 Å². The second kappa shape index (κ2) is 10.5. The Kier molecular flexibility index (Phi) is 7.22. The lowest BCUT2D eigenvalue weighted by Gasteiger charge is -2.37. The summed E-state index contributed by atoms with van der Waals surface area (Å²) in [6, 6.07) is 15.9. The van der Waals surface area contributed by atoms with Crippen molar-refractivity contribution in [3.8, 4) is 0 Å². The van der Waals surface area contributed by atoms with Crippen LogP contribution in [0.3, 0.4) is 0 Å². The van der Waals surface area contributed by atoms with E-state index in [0.717, 1.165) is 5.69 Å². The lowest BCUT2D eigenvalue weighted by Crippen LogP contribution is -2.49. The van der Waals surface area contributed by atoms with Gasteiger partial charge in [-0.15, -0.1) is 0 Å². The number of methoxy groups -OCH3 is 1. The van der Waals surface area contributed by atoms with E-state index in [4.69, 9.17) is 4.74 Å². The number of aromatic nitrogens is 1. The van der Waals surface area contributed by atoms with Gasteiger partial charge in [-0.1, -0.05) is 18.2 Å². The number of anilines is 2. The molecule has 0 unspecified atom stereocenters. The molecule has 0 aliphatic carbocycles. The second-order valence-corrected chi connectivity index (χ2v) is 8.63. The second-order valence-electron chi connectivity index (χ2n) is 7.71. The average Bonchev–Trinajstić information content (AvgIpc) is 2.88. The maximum absolute atomic E-state index is 12.9. The van der Waals surface area contributed by atoms with Gasteiger partial charge in [0, 0.05) is 48.6 Å². The Hall–Kier alpha value is -3.72. The quantitative estimate of drug-likeness (QED) is 0.511. The highest BCUT2D eigenvalue weighted by atomic mass is 79.9. The van der Waals surface area contributed by atoms with Crippen LogP contribution in [0.15, 0.2) is 71.5 Å². The van der Waals surface area contributed by atoms with E-state index in [1.165, 1.54) is 13.3 Å². The van der Waals surface area contributed by atoms with Gasteiger partial charge in [-0.3, -0.25) is 14.6 Å². The third-order valence-electron chi connectivity index (χ3n) is 5.56. The highest BCUT2D eigenvalue weighted by Crippen LogP contribution is 2.29. The zero-order valence-electron chi connectivity index (χ0n) is 18.5. The van der Waals surface area contributed by atoms with Crippen LogP contribution in [0.5, 0.6) is 0 Å². The number of amides is 2. The number of benzene rings is 2. The average molecular weight is 523 g/mol. The van der Waals surface area contributed by atoms with Crippen LogP contribution in [-0.4, -0.2) is 61.0 Å². The number of ether oxygens (including phenoxy) is 1. The first-order chi connectivity index (χ1) is 16.5. The number of pyridine rings is 1. The molecule has 34 heavy (non-hydrogen) atoms. The Morgan fingerprint density at radius 2 is 1.65 bits per heavy atom. The minimum absolute atomic E-state index is 0.00281. The predicted octanol–water partition coefficient (Wildman–Crippen LogP) is 3.85. The van der Waals surface area contributed by atoms with Gasteiger partial charge in [0.25, 0.3) is 11.8 Å². The highest BCUT2D eigenvalue weighted by Gasteiger charge is 2.24. The van der Waals surface area contributed by atoms with Gasteiger partial charge >= 0.3 is 5.97 Å². The van der Waals surface area contributed by atoms with E-state index in [1.807, 2.05) is 35.2 Å². The topological polar surface area (TPSA) is 91.8 Å². The highest BCUT2D eigenvalue weighted by molar-refractivity contribution is 9.10. The Balaban J connectivity index is 1.54. The Morgan fingerprint density at radius 3 is 2.32 bits per heavy atom. The third kappa shape index (κ3) is 5.26. The van der Waals surface area contributed by atoms with Gasteiger partial charge in [0.1, 0.15) is 0 Å². The van der Waals surface area contributed by atoms with Crippen LogP contribution in [0.4, 0.5) is 11.4 Å². The zero-order valence-corrected chi connectivity index (χ0v) is 20.1. The Labute approximate surface area is 205 Å². The Morgan fingerprint density at radius 1 is 0.912 bits per heavy atom. The van der Waals surface area contributed by atoms with Gasteiger partial charge in [-0.25, -0.2) is 4.79 Å². The van der Waals surface area contributed by atoms with Crippen LogP contribution in [0.1, 0.15) is 31.1 Å². The third-order valence-corrected chi connectivity index (χ3v) is 5.99. The number of carbonyl (C=O) groups excluding carboxylic acids is 3. The minimum Gasteiger partial charge on any atom is -0.465 e. The standard InChI is InChI=1S/C25H23BrN4O4/c1-34-25(33)18-7-8-22(21(14-18)28-23(31)19-13-20(26)16-27-15-19)29-9-11-30(12-10-29)24(32)17-5-3-2-4-6-17/h2-8,13-16H,9-12H2,1H3,(H,28,31). The number of nitrogens with zero attached hydrogens (tertiary/aromatic N) is 3. The molecule has 0 saturated carbocycles. The van der Waals surface area contributed by atoms with Gasteiger partial charge in [-0.05, 0) is 52.3 Å². The van der Waals surface area contributed by atoms with Gasteiger partial charge in [0.15, 0.2) is 0 Å². The molecule has 1 N–H and O–H groups in total. The zero-order chi connectivity index (χ0) is 24.1. The number of halogens is 1. The van der Waals surface area contributed by atoms with Gasteiger partial charge in [-0.2, -0.15) is 0 Å². The summed E-state index contributed by atoms with van der Waals surface area (Å²) in [7, 11) is 1.31. The van der Waals surface area contributed by atoms with Crippen LogP contribution < -0.4 is 10.2 Å². The predicted molar refractivity (Wildman–Crippen MR) is 132 cm³/mol. The number of hydrogen-bond acceptors (Lipinski definition) is 6. The van der Waals surface area contributed by atoms with Crippen molar-refractivity contribution in [2.75, 3.05) is 43.5 Å². The van der Waals surface area contributed by atoms with Gasteiger partial charge in [0.2, 0.25) is 0 Å². The lowest BCUT2D eigenvalue weighted by atomic mass is 10.1. The summed E-state index contributed by atoms with van der Waals surface area (Å²) in [5.74, 6) is -0.851. The number of carbonyl (C=O) groups is 3. The molecule has 174 valence electrons. The van der Waals surface area contributed by atoms with Crippen LogP contribution in [0, 0.1) is 0 Å². The molecule has 9 heteroatoms. The van der Waals surface area contributed by atoms with Crippen LogP contribution in [0.2, 0.25) is 0 Å². The van der Waals surface area contributed by atoms with E-state index >= 15 is 0 Å². The number of hydrogen-bond donors (Lipinski definition) is 1. The van der Waals surface area contributed by atoms with E-state index in [1.54, 1.807) is 30.5 Å². The molecule has 1 fully saturated rings. The number of nitrogens with one attached hydrogen (secondary N) is 1. The summed E-state index contributed by atoms with van der Waals surface area (Å²) in [4.78, 5) is 45.7. The van der Waals surface area contributed by atoms with Crippen LogP contribution >= 0.6 is 15.9 Å². The molecule has 1 aliphatic rings. The van der Waals surface area contributed by atoms with E-state index in [2.05, 4.69) is 31.1 Å². The molecule has 1 aromatic heterocycles. The molecule has 2 aromatic carbocycles. The summed E-state index contributed by atoms with van der Waals surface area (Å²) >= 11 is 3.32. The molecular weight excluding hydrogens is 500 g/mol. The van der Waals surface area contributed by atoms with Crippen LogP contribution in [0.25, 0.3) is 0 Å². The smallest absolute Gasteiger partial charge is 0.337 e. The number of piperazine rings is 1. The fraction of sp³-hybridized carbons (Fsp3) is 0.200. The lowest BCUT2D eigenvalue weighted by molar-refractivity contribution is 0.0600. The van der Waals surface area contributed by atoms with Gasteiger partial charge < -0.3 is 19.9 Å². The molecule has 0 spiro atoms. The first-order valence-corrected chi connectivity index (χ1v) is 11.5. The van der Waals surface area contributed by atoms with Crippen molar-refractivity contribution in [2.45, 2.75) is 0 Å². The van der Waals surface area contributed by atoms with E-state index in [-0.39, 0.29) is 11.8 Å². The van der Waals surface area contributed by atoms with E-state index < -0.39 is 5.97 Å². The molecule has 0 atom stereocenters. The molecule has 1 saturated heterocycles. The normalized spacial score (nSPS) is 13.4. The molecule has 2 amide bonds. The molecule has 8 nitrogen and oxygen atoms in total. The first-order valence-electron chi connectivity index (χ1n) is 10.7. The van der Waals surface area contributed by atoms with E-state index in [0.29, 0.717) is 53.0 Å². The van der Waals surface area contributed by atoms with Crippen molar-refractivity contribution in [2.24, 2.45) is 0 Å². The molecule has 3 aromatic rings. The van der Waals surface area contributed by atoms with Crippen molar-refractivity contribution >= 4 is 45.1 Å². The SMILES string of the molecule is COC(=O)c1ccc(N2CCN(C(=O)c3ccccc3)CC2)c(NC(=O)c2cncc(Br)c2)c1. The summed E-state index contributed by atoms with van der Waals surface area (Å²) in [5, 5.41) is 2.90. The summed E-state index contributed by atoms with van der Waals surface area (Å²) in [5.41, 5.74) is 2.61. The van der Waals surface area contributed by atoms with Crippen molar-refractivity contribution < 1.29 is 19.1 Å². The van der Waals surface area contributed by atoms with Crippen molar-refractivity contribution in [3.05, 3.63) is 88.2 Å². The summed E-state index contributed by atoms with van der Waals surface area (Å²) in [6.07, 6.45) is 3.06. The molecular formula is C25H23BrN4O4. The van der Waals surface area contributed by atoms with Crippen LogP contribution in [-0.2, 0) is 4.74 Å². The minimum atomic E-state index is -0.496. The summed E-state index contributed by atoms with van der Waals surface area (Å²) in [6.45, 7) is 2.24. The summed E-state index contributed by atoms with van der Waals surface area (Å²) < 4.78 is 5.52. The number of rotatable bonds is 5. The maximum atomic E-state index is 12.9. The van der Waals surface area contributed by atoms with Crippen molar-refractivity contribution in [3.63, 3.8) is 0 Å². The largest absolute Gasteiger partial charge is 0.465 e. The fourth-order valence-corrected chi connectivity index (χ4v) is 4.17. The molecule has 0 bridgehead atoms. The maximum Gasteiger partial charge on any atom is 0.337 e. The number of esters is 1. The molecule has 4 rings (SSSR count). The van der Waals surface area contributed by atoms with Crippen molar-refractivity contribution in [1.82, 2.24) is 9.88 Å². The van der Waals surface area contributed by atoms with Crippen molar-refractivity contribution in [1.29, 1.82) is 0 Å². The fourth-order valence-electron chi connectivity index (χ4n) is 3.80. The molecule has 1 aliphatic heterocycles. The monoisotopic (exact) mass is 522 g/mol. The molecule has 2 heterocycles. The van der Waals surface area contributed by atoms with E-state index in [9.17, 15) is 14.4 Å². The molecule has 0 radical (unpaired) electrons.